The van der Waals surface area contributed by atoms with E-state index in [1.54, 1.807) is 23.9 Å². The monoisotopic (exact) mass is 332 g/mol. The van der Waals surface area contributed by atoms with Gasteiger partial charge in [0.2, 0.25) is 0 Å². The minimum atomic E-state index is 0.429. The standard InChI is InChI=1S/C20H16N2OS/c1-24-15-6-2-12(3-7-15)20-16-8-4-13(21)10-18(16)23-19-11-14(22)5-9-17(19)20/h2-11,21H,22H2,1H3. The lowest BCUT2D eigenvalue weighted by Crippen LogP contribution is -2.00. The molecule has 0 fully saturated rings. The van der Waals surface area contributed by atoms with Crippen molar-refractivity contribution in [3.63, 3.8) is 0 Å². The van der Waals surface area contributed by atoms with Crippen molar-refractivity contribution in [2.45, 2.75) is 4.90 Å². The Morgan fingerprint density at radius 3 is 2.50 bits per heavy atom. The van der Waals surface area contributed by atoms with Crippen molar-refractivity contribution < 1.29 is 4.42 Å². The van der Waals surface area contributed by atoms with Crippen molar-refractivity contribution in [2.75, 3.05) is 12.0 Å². The zero-order valence-corrected chi connectivity index (χ0v) is 14.0. The van der Waals surface area contributed by atoms with Crippen LogP contribution in [-0.2, 0) is 0 Å². The van der Waals surface area contributed by atoms with Crippen molar-refractivity contribution >= 4 is 28.4 Å². The van der Waals surface area contributed by atoms with Gasteiger partial charge in [-0.3, -0.25) is 0 Å². The summed E-state index contributed by atoms with van der Waals surface area (Å²) in [7, 11) is 0. The Morgan fingerprint density at radius 1 is 0.958 bits per heavy atom. The van der Waals surface area contributed by atoms with Crippen LogP contribution in [0.3, 0.4) is 0 Å². The van der Waals surface area contributed by atoms with Crippen LogP contribution in [0.4, 0.5) is 5.69 Å². The Hall–Kier alpha value is -2.72. The summed E-state index contributed by atoms with van der Waals surface area (Å²) in [5.74, 6) is 0.699. The number of nitrogen functional groups attached to an aromatic ring is 1. The smallest absolute Gasteiger partial charge is 0.137 e. The molecule has 0 bridgehead atoms. The molecule has 1 aliphatic carbocycles. The van der Waals surface area contributed by atoms with Crippen molar-refractivity contribution in [1.82, 2.24) is 0 Å². The van der Waals surface area contributed by atoms with E-state index in [2.05, 4.69) is 30.5 Å². The SMILES string of the molecule is CSc1ccc(-c2c3ccc(=N)cc-3oc3cc(N)ccc23)cc1. The normalized spacial score (nSPS) is 11.2. The Kier molecular flexibility index (Phi) is 3.54. The summed E-state index contributed by atoms with van der Waals surface area (Å²) in [6, 6.07) is 19.7. The average molecular weight is 332 g/mol. The van der Waals surface area contributed by atoms with Crippen molar-refractivity contribution in [2.24, 2.45) is 0 Å². The Bertz CT molecular complexity index is 1070. The van der Waals surface area contributed by atoms with E-state index in [4.69, 9.17) is 15.6 Å². The summed E-state index contributed by atoms with van der Waals surface area (Å²) in [6.07, 6.45) is 2.07. The van der Waals surface area contributed by atoms with E-state index in [1.165, 1.54) is 4.90 Å². The first-order valence-corrected chi connectivity index (χ1v) is 8.83. The molecular formula is C20H16N2OS. The lowest BCUT2D eigenvalue weighted by molar-refractivity contribution is 0.619. The van der Waals surface area contributed by atoms with Crippen molar-refractivity contribution in [1.29, 1.82) is 5.41 Å². The highest BCUT2D eigenvalue weighted by Gasteiger charge is 2.16. The Labute approximate surface area is 144 Å². The number of hydrogen-bond acceptors (Lipinski definition) is 4. The van der Waals surface area contributed by atoms with Gasteiger partial charge in [0, 0.05) is 39.2 Å². The molecule has 2 aliphatic rings. The number of fused-ring (bicyclic) bond motifs is 2. The second kappa shape index (κ2) is 5.73. The molecule has 1 aliphatic heterocycles. The fourth-order valence-corrected chi connectivity index (χ4v) is 3.38. The van der Waals surface area contributed by atoms with Gasteiger partial charge in [0.1, 0.15) is 11.3 Å². The lowest BCUT2D eigenvalue weighted by Gasteiger charge is -2.15. The molecule has 1 heterocycles. The van der Waals surface area contributed by atoms with E-state index in [0.717, 1.165) is 27.7 Å². The predicted molar refractivity (Wildman–Crippen MR) is 100 cm³/mol. The van der Waals surface area contributed by atoms with E-state index in [1.807, 2.05) is 24.3 Å². The van der Waals surface area contributed by atoms with Gasteiger partial charge in [-0.05, 0) is 48.2 Å². The maximum Gasteiger partial charge on any atom is 0.137 e. The predicted octanol–water partition coefficient (Wildman–Crippen LogP) is 4.99. The number of nitrogens with one attached hydrogen (secondary N) is 1. The minimum Gasteiger partial charge on any atom is -0.456 e. The zero-order chi connectivity index (χ0) is 16.7. The van der Waals surface area contributed by atoms with E-state index >= 15 is 0 Å². The lowest BCUT2D eigenvalue weighted by atomic mass is 9.93. The maximum absolute atomic E-state index is 7.87. The second-order valence-electron chi connectivity index (χ2n) is 5.67. The first-order chi connectivity index (χ1) is 11.7. The van der Waals surface area contributed by atoms with Crippen LogP contribution in [-0.4, -0.2) is 6.26 Å². The molecule has 4 heteroatoms. The summed E-state index contributed by atoms with van der Waals surface area (Å²) in [6.45, 7) is 0. The third kappa shape index (κ3) is 2.45. The number of hydrogen-bond donors (Lipinski definition) is 2. The summed E-state index contributed by atoms with van der Waals surface area (Å²) in [4.78, 5) is 1.23. The second-order valence-corrected chi connectivity index (χ2v) is 6.55. The highest BCUT2D eigenvalue weighted by Crippen LogP contribution is 2.40. The number of thioether (sulfide) groups is 1. The molecular weight excluding hydrogens is 316 g/mol. The minimum absolute atomic E-state index is 0.429. The molecule has 0 unspecified atom stereocenters. The fraction of sp³-hybridized carbons (Fsp3) is 0.0500. The third-order valence-electron chi connectivity index (χ3n) is 4.12. The molecule has 2 aromatic rings. The molecule has 24 heavy (non-hydrogen) atoms. The van der Waals surface area contributed by atoms with Crippen LogP contribution in [0, 0.1) is 5.41 Å². The van der Waals surface area contributed by atoms with Gasteiger partial charge in [0.05, 0.1) is 5.36 Å². The van der Waals surface area contributed by atoms with E-state index in [0.29, 0.717) is 16.8 Å². The number of benzene rings is 3. The molecule has 0 aromatic heterocycles. The number of rotatable bonds is 2. The quantitative estimate of drug-likeness (QED) is 0.309. The first kappa shape index (κ1) is 14.8. The molecule has 0 amide bonds. The van der Waals surface area contributed by atoms with Crippen molar-refractivity contribution in [3.8, 4) is 22.5 Å². The Balaban J connectivity index is 2.11. The molecule has 118 valence electrons. The zero-order valence-electron chi connectivity index (χ0n) is 13.2. The van der Waals surface area contributed by atoms with Crippen LogP contribution in [0.1, 0.15) is 0 Å². The molecule has 0 saturated carbocycles. The van der Waals surface area contributed by atoms with Crippen molar-refractivity contribution in [3.05, 3.63) is 66.0 Å². The molecule has 3 nitrogen and oxygen atoms in total. The van der Waals surface area contributed by atoms with Crippen LogP contribution in [0.25, 0.3) is 33.4 Å². The first-order valence-electron chi connectivity index (χ1n) is 7.61. The maximum atomic E-state index is 7.87. The van der Waals surface area contributed by atoms with Crippen LogP contribution >= 0.6 is 11.8 Å². The van der Waals surface area contributed by atoms with Gasteiger partial charge in [-0.25, -0.2) is 0 Å². The van der Waals surface area contributed by atoms with Gasteiger partial charge < -0.3 is 15.6 Å². The number of nitrogens with two attached hydrogens (primary N) is 1. The Morgan fingerprint density at radius 2 is 1.75 bits per heavy atom. The molecule has 0 radical (unpaired) electrons. The molecule has 0 spiro atoms. The van der Waals surface area contributed by atoms with Gasteiger partial charge in [-0.2, -0.15) is 0 Å². The van der Waals surface area contributed by atoms with Gasteiger partial charge in [-0.15, -0.1) is 11.8 Å². The van der Waals surface area contributed by atoms with Gasteiger partial charge in [-0.1, -0.05) is 12.1 Å². The molecule has 0 saturated heterocycles. The van der Waals surface area contributed by atoms with Crippen LogP contribution in [0.15, 0.2) is 70.0 Å². The van der Waals surface area contributed by atoms with E-state index in [-0.39, 0.29) is 0 Å². The fourth-order valence-electron chi connectivity index (χ4n) is 2.98. The van der Waals surface area contributed by atoms with Crippen LogP contribution in [0.5, 0.6) is 0 Å². The highest BCUT2D eigenvalue weighted by molar-refractivity contribution is 7.98. The van der Waals surface area contributed by atoms with E-state index in [9.17, 15) is 0 Å². The summed E-state index contributed by atoms with van der Waals surface area (Å²) >= 11 is 1.72. The molecule has 4 rings (SSSR count). The van der Waals surface area contributed by atoms with Gasteiger partial charge in [0.15, 0.2) is 0 Å². The molecule has 0 atom stereocenters. The van der Waals surface area contributed by atoms with Crippen LogP contribution in [0.2, 0.25) is 0 Å². The average Bonchev–Trinajstić information content (AvgIpc) is 2.59. The summed E-state index contributed by atoms with van der Waals surface area (Å²) in [5.41, 5.74) is 10.6. The summed E-state index contributed by atoms with van der Waals surface area (Å²) < 4.78 is 6.01. The molecule has 2 aromatic carbocycles. The highest BCUT2D eigenvalue weighted by atomic mass is 32.2. The largest absolute Gasteiger partial charge is 0.456 e. The number of anilines is 1. The van der Waals surface area contributed by atoms with Gasteiger partial charge in [0.25, 0.3) is 0 Å². The van der Waals surface area contributed by atoms with Gasteiger partial charge >= 0.3 is 0 Å². The van der Waals surface area contributed by atoms with Crippen LogP contribution < -0.4 is 11.1 Å². The topological polar surface area (TPSA) is 63.0 Å². The molecule has 3 N–H and O–H groups in total. The summed E-state index contributed by atoms with van der Waals surface area (Å²) in [5, 5.41) is 9.32. The third-order valence-corrected chi connectivity index (χ3v) is 4.87. The van der Waals surface area contributed by atoms with E-state index < -0.39 is 0 Å².